The van der Waals surface area contributed by atoms with Gasteiger partial charge in [0.2, 0.25) is 5.89 Å². The molecule has 0 radical (unpaired) electrons. The summed E-state index contributed by atoms with van der Waals surface area (Å²) in [4.78, 5) is 15.3. The monoisotopic (exact) mass is 253 g/mol. The highest BCUT2D eigenvalue weighted by atomic mass is 16.4. The van der Waals surface area contributed by atoms with Crippen molar-refractivity contribution in [3.05, 3.63) is 53.6 Å². The highest BCUT2D eigenvalue weighted by molar-refractivity contribution is 5.92. The topological polar surface area (TPSA) is 63.3 Å². The molecule has 4 nitrogen and oxygen atoms in total. The van der Waals surface area contributed by atoms with Crippen LogP contribution in [0.15, 0.2) is 46.9 Å². The summed E-state index contributed by atoms with van der Waals surface area (Å²) in [5.74, 6) is -0.466. The Morgan fingerprint density at radius 1 is 1.21 bits per heavy atom. The molecule has 1 heterocycles. The number of carboxylic acid groups (broad SMARTS) is 1. The van der Waals surface area contributed by atoms with Crippen LogP contribution in [0.5, 0.6) is 0 Å². The van der Waals surface area contributed by atoms with Gasteiger partial charge in [-0.15, -0.1) is 0 Å². The Balaban J connectivity index is 2.17. The normalized spacial score (nSPS) is 10.8. The molecule has 0 fully saturated rings. The lowest BCUT2D eigenvalue weighted by Gasteiger charge is -1.98. The third-order valence-corrected chi connectivity index (χ3v) is 3.01. The molecule has 0 aliphatic heterocycles. The summed E-state index contributed by atoms with van der Waals surface area (Å²) >= 11 is 0. The second-order valence-corrected chi connectivity index (χ2v) is 4.32. The molecule has 94 valence electrons. The number of benzene rings is 2. The number of hydrogen-bond donors (Lipinski definition) is 1. The maximum atomic E-state index is 10.9. The highest BCUT2D eigenvalue weighted by Crippen LogP contribution is 2.27. The smallest absolute Gasteiger partial charge is 0.335 e. The Bertz CT molecular complexity index is 774. The molecule has 3 aromatic rings. The predicted octanol–water partition coefficient (Wildman–Crippen LogP) is 3.50. The number of fused-ring (bicyclic) bond motifs is 1. The van der Waals surface area contributed by atoms with Gasteiger partial charge in [0.25, 0.3) is 0 Å². The van der Waals surface area contributed by atoms with Gasteiger partial charge >= 0.3 is 5.97 Å². The molecule has 1 N–H and O–H groups in total. The van der Waals surface area contributed by atoms with Gasteiger partial charge in [0.05, 0.1) is 5.56 Å². The summed E-state index contributed by atoms with van der Waals surface area (Å²) in [6.45, 7) is 1.98. The van der Waals surface area contributed by atoms with Crippen molar-refractivity contribution in [3.8, 4) is 11.5 Å². The maximum absolute atomic E-state index is 10.9. The summed E-state index contributed by atoms with van der Waals surface area (Å²) < 4.78 is 5.65. The average Bonchev–Trinajstić information content (AvgIpc) is 2.81. The molecule has 0 bridgehead atoms. The molecule has 2 aromatic carbocycles. The van der Waals surface area contributed by atoms with Crippen LogP contribution < -0.4 is 0 Å². The van der Waals surface area contributed by atoms with E-state index in [1.54, 1.807) is 6.07 Å². The van der Waals surface area contributed by atoms with Crippen molar-refractivity contribution in [1.29, 1.82) is 0 Å². The molecule has 0 unspecified atom stereocenters. The van der Waals surface area contributed by atoms with Gasteiger partial charge < -0.3 is 9.52 Å². The zero-order valence-electron chi connectivity index (χ0n) is 10.3. The van der Waals surface area contributed by atoms with E-state index in [9.17, 15) is 4.79 Å². The summed E-state index contributed by atoms with van der Waals surface area (Å²) in [5, 5.41) is 8.95. The van der Waals surface area contributed by atoms with E-state index in [0.29, 0.717) is 17.0 Å². The molecule has 19 heavy (non-hydrogen) atoms. The molecule has 0 saturated carbocycles. The first-order valence-corrected chi connectivity index (χ1v) is 5.85. The third-order valence-electron chi connectivity index (χ3n) is 3.01. The van der Waals surface area contributed by atoms with Crippen LogP contribution in [-0.4, -0.2) is 16.1 Å². The number of aromatic carboxylic acids is 1. The van der Waals surface area contributed by atoms with E-state index in [1.807, 2.05) is 31.2 Å². The average molecular weight is 253 g/mol. The van der Waals surface area contributed by atoms with Crippen LogP contribution in [0.25, 0.3) is 22.6 Å². The first-order valence-electron chi connectivity index (χ1n) is 5.85. The number of aryl methyl sites for hydroxylation is 1. The minimum atomic E-state index is -0.976. The summed E-state index contributed by atoms with van der Waals surface area (Å²) in [6, 6.07) is 12.4. The van der Waals surface area contributed by atoms with Crippen LogP contribution in [0.2, 0.25) is 0 Å². The largest absolute Gasteiger partial charge is 0.478 e. The Morgan fingerprint density at radius 3 is 2.74 bits per heavy atom. The molecule has 0 spiro atoms. The van der Waals surface area contributed by atoms with Crippen LogP contribution in [-0.2, 0) is 0 Å². The zero-order valence-corrected chi connectivity index (χ0v) is 10.3. The molecule has 0 saturated heterocycles. The summed E-state index contributed by atoms with van der Waals surface area (Å²) in [5.41, 5.74) is 3.31. The Morgan fingerprint density at radius 2 is 2.00 bits per heavy atom. The van der Waals surface area contributed by atoms with E-state index in [0.717, 1.165) is 11.1 Å². The van der Waals surface area contributed by atoms with Gasteiger partial charge in [0.1, 0.15) is 5.52 Å². The molecular formula is C15H11NO3. The van der Waals surface area contributed by atoms with Crippen molar-refractivity contribution in [2.24, 2.45) is 0 Å². The van der Waals surface area contributed by atoms with Gasteiger partial charge in [-0.2, -0.15) is 0 Å². The van der Waals surface area contributed by atoms with Crippen LogP contribution in [0.4, 0.5) is 0 Å². The van der Waals surface area contributed by atoms with Crippen molar-refractivity contribution >= 4 is 17.1 Å². The lowest BCUT2D eigenvalue weighted by Crippen LogP contribution is -1.94. The first kappa shape index (κ1) is 11.5. The molecule has 1 aromatic heterocycles. The van der Waals surface area contributed by atoms with Gasteiger partial charge in [-0.3, -0.25) is 0 Å². The second-order valence-electron chi connectivity index (χ2n) is 4.32. The molecule has 0 amide bonds. The minimum Gasteiger partial charge on any atom is -0.478 e. The van der Waals surface area contributed by atoms with E-state index < -0.39 is 5.97 Å². The van der Waals surface area contributed by atoms with Crippen molar-refractivity contribution in [2.45, 2.75) is 6.92 Å². The molecule has 0 atom stereocenters. The number of carbonyl (C=O) groups is 1. The standard InChI is InChI=1S/C15H11NO3/c1-9-4-2-3-5-11(9)14-16-12-7-6-10(15(17)18)8-13(12)19-14/h2-8H,1H3,(H,17,18). The predicted molar refractivity (Wildman–Crippen MR) is 71.1 cm³/mol. The minimum absolute atomic E-state index is 0.194. The van der Waals surface area contributed by atoms with Gasteiger partial charge in [-0.05, 0) is 36.8 Å². The number of hydrogen-bond acceptors (Lipinski definition) is 3. The summed E-state index contributed by atoms with van der Waals surface area (Å²) in [7, 11) is 0. The highest BCUT2D eigenvalue weighted by Gasteiger charge is 2.12. The quantitative estimate of drug-likeness (QED) is 0.759. The van der Waals surface area contributed by atoms with Crippen LogP contribution in [0.1, 0.15) is 15.9 Å². The Labute approximate surface area is 109 Å². The van der Waals surface area contributed by atoms with E-state index in [-0.39, 0.29) is 5.56 Å². The molecule has 4 heteroatoms. The molecule has 0 aliphatic carbocycles. The van der Waals surface area contributed by atoms with E-state index in [1.165, 1.54) is 12.1 Å². The van der Waals surface area contributed by atoms with Crippen LogP contribution >= 0.6 is 0 Å². The number of oxazole rings is 1. The first-order chi connectivity index (χ1) is 9.15. The fraction of sp³-hybridized carbons (Fsp3) is 0.0667. The molecule has 3 rings (SSSR count). The second kappa shape index (κ2) is 4.24. The van der Waals surface area contributed by atoms with E-state index in [2.05, 4.69) is 4.98 Å². The zero-order chi connectivity index (χ0) is 13.4. The Kier molecular flexibility index (Phi) is 2.56. The number of rotatable bonds is 2. The third kappa shape index (κ3) is 1.97. The van der Waals surface area contributed by atoms with Gasteiger partial charge in [0, 0.05) is 5.56 Å². The maximum Gasteiger partial charge on any atom is 0.335 e. The lowest BCUT2D eigenvalue weighted by molar-refractivity contribution is 0.0697. The van der Waals surface area contributed by atoms with Crippen molar-refractivity contribution in [1.82, 2.24) is 4.98 Å². The lowest BCUT2D eigenvalue weighted by atomic mass is 10.1. The van der Waals surface area contributed by atoms with Crippen LogP contribution in [0.3, 0.4) is 0 Å². The number of nitrogens with zero attached hydrogens (tertiary/aromatic N) is 1. The van der Waals surface area contributed by atoms with Gasteiger partial charge in [-0.1, -0.05) is 18.2 Å². The van der Waals surface area contributed by atoms with Gasteiger partial charge in [-0.25, -0.2) is 9.78 Å². The van der Waals surface area contributed by atoms with E-state index >= 15 is 0 Å². The fourth-order valence-corrected chi connectivity index (χ4v) is 1.99. The molecular weight excluding hydrogens is 242 g/mol. The fourth-order valence-electron chi connectivity index (χ4n) is 1.99. The number of aromatic nitrogens is 1. The Hall–Kier alpha value is -2.62. The molecule has 0 aliphatic rings. The SMILES string of the molecule is Cc1ccccc1-c1nc2ccc(C(=O)O)cc2o1. The number of carboxylic acids is 1. The van der Waals surface area contributed by atoms with Gasteiger partial charge in [0.15, 0.2) is 5.58 Å². The van der Waals surface area contributed by atoms with Crippen LogP contribution in [0, 0.1) is 6.92 Å². The van der Waals surface area contributed by atoms with Crippen molar-refractivity contribution in [2.75, 3.05) is 0 Å². The van der Waals surface area contributed by atoms with E-state index in [4.69, 9.17) is 9.52 Å². The van der Waals surface area contributed by atoms with Crippen molar-refractivity contribution < 1.29 is 14.3 Å². The summed E-state index contributed by atoms with van der Waals surface area (Å²) in [6.07, 6.45) is 0. The van der Waals surface area contributed by atoms with Crippen molar-refractivity contribution in [3.63, 3.8) is 0 Å².